The summed E-state index contributed by atoms with van der Waals surface area (Å²) in [4.78, 5) is 25.9. The number of pyridine rings is 3. The maximum Gasteiger partial charge on any atom is 0.340 e. The lowest BCUT2D eigenvalue weighted by molar-refractivity contribution is 0.0235. The molecule has 3 aromatic rings. The SMILES string of the molecule is CCC(C)(O)c1cnc(OC2CC(S(C)(=O)=O)C2)c2cnc(Nc3ccc4c(n3)[C@@H](C)[C@H](C)OC4=O)cc12. The summed E-state index contributed by atoms with van der Waals surface area (Å²) in [6.07, 6.45) is 5.24. The molecule has 1 aliphatic carbocycles. The van der Waals surface area contributed by atoms with Crippen LogP contribution in [0, 0.1) is 0 Å². The third kappa shape index (κ3) is 4.80. The van der Waals surface area contributed by atoms with Crippen LogP contribution >= 0.6 is 0 Å². The summed E-state index contributed by atoms with van der Waals surface area (Å²) in [5.74, 6) is 0.934. The number of fused-ring (bicyclic) bond motifs is 2. The van der Waals surface area contributed by atoms with Crippen LogP contribution in [0.1, 0.15) is 74.5 Å². The minimum atomic E-state index is -3.10. The van der Waals surface area contributed by atoms with Crippen molar-refractivity contribution in [2.75, 3.05) is 11.6 Å². The number of aliphatic hydroxyl groups is 1. The zero-order valence-electron chi connectivity index (χ0n) is 22.1. The summed E-state index contributed by atoms with van der Waals surface area (Å²) < 4.78 is 35.0. The number of carbonyl (C=O) groups excluding carboxylic acids is 1. The van der Waals surface area contributed by atoms with Gasteiger partial charge < -0.3 is 19.9 Å². The molecule has 0 bridgehead atoms. The first-order valence-electron chi connectivity index (χ1n) is 12.7. The molecular weight excluding hydrogens is 508 g/mol. The largest absolute Gasteiger partial charge is 0.474 e. The first-order chi connectivity index (χ1) is 17.9. The van der Waals surface area contributed by atoms with Crippen LogP contribution < -0.4 is 10.1 Å². The van der Waals surface area contributed by atoms with E-state index in [1.807, 2.05) is 26.8 Å². The number of cyclic esters (lactones) is 1. The van der Waals surface area contributed by atoms with Crippen LogP contribution in [-0.4, -0.2) is 58.2 Å². The van der Waals surface area contributed by atoms with E-state index in [4.69, 9.17) is 9.47 Å². The average Bonchev–Trinajstić information content (AvgIpc) is 2.83. The van der Waals surface area contributed by atoms with E-state index in [-0.39, 0.29) is 24.1 Å². The molecule has 0 spiro atoms. The molecule has 202 valence electrons. The normalized spacial score (nSPS) is 24.6. The molecule has 1 saturated carbocycles. The third-order valence-corrected chi connectivity index (χ3v) is 9.36. The second-order valence-corrected chi connectivity index (χ2v) is 12.9. The van der Waals surface area contributed by atoms with E-state index >= 15 is 0 Å². The molecule has 1 aliphatic heterocycles. The van der Waals surface area contributed by atoms with Crippen LogP contribution in [0.15, 0.2) is 30.6 Å². The number of aromatic nitrogens is 3. The zero-order chi connectivity index (χ0) is 27.4. The third-order valence-electron chi connectivity index (χ3n) is 7.77. The van der Waals surface area contributed by atoms with Crippen molar-refractivity contribution in [3.8, 4) is 5.88 Å². The molecule has 4 heterocycles. The van der Waals surface area contributed by atoms with Gasteiger partial charge in [0, 0.05) is 43.0 Å². The molecule has 38 heavy (non-hydrogen) atoms. The van der Waals surface area contributed by atoms with Gasteiger partial charge in [0.2, 0.25) is 5.88 Å². The minimum Gasteiger partial charge on any atom is -0.474 e. The van der Waals surface area contributed by atoms with E-state index in [9.17, 15) is 18.3 Å². The Bertz CT molecular complexity index is 1520. The summed E-state index contributed by atoms with van der Waals surface area (Å²) in [6.45, 7) is 7.43. The van der Waals surface area contributed by atoms with Gasteiger partial charge in [-0.2, -0.15) is 0 Å². The molecule has 1 unspecified atom stereocenters. The van der Waals surface area contributed by atoms with Crippen LogP contribution in [0.25, 0.3) is 10.8 Å². The first kappa shape index (κ1) is 26.3. The molecule has 0 radical (unpaired) electrons. The van der Waals surface area contributed by atoms with Crippen molar-refractivity contribution in [3.05, 3.63) is 47.4 Å². The van der Waals surface area contributed by atoms with Crippen molar-refractivity contribution in [2.24, 2.45) is 0 Å². The Kier molecular flexibility index (Phi) is 6.55. The quantitative estimate of drug-likeness (QED) is 0.422. The van der Waals surface area contributed by atoms with Gasteiger partial charge in [-0.1, -0.05) is 13.8 Å². The maximum atomic E-state index is 12.3. The van der Waals surface area contributed by atoms with Gasteiger partial charge in [0.05, 0.1) is 27.5 Å². The predicted molar refractivity (Wildman–Crippen MR) is 142 cm³/mol. The minimum absolute atomic E-state index is 0.0557. The lowest BCUT2D eigenvalue weighted by atomic mass is 9.91. The Balaban J connectivity index is 1.48. The number of ether oxygens (including phenoxy) is 2. The molecule has 2 N–H and O–H groups in total. The second kappa shape index (κ2) is 9.46. The molecule has 0 saturated heterocycles. The van der Waals surface area contributed by atoms with Crippen molar-refractivity contribution in [3.63, 3.8) is 0 Å². The number of carbonyl (C=O) groups is 1. The highest BCUT2D eigenvalue weighted by Gasteiger charge is 2.38. The zero-order valence-corrected chi connectivity index (χ0v) is 22.9. The molecule has 5 rings (SSSR count). The molecule has 3 atom stereocenters. The van der Waals surface area contributed by atoms with E-state index < -0.39 is 20.7 Å². The summed E-state index contributed by atoms with van der Waals surface area (Å²) in [7, 11) is -3.10. The molecule has 10 nitrogen and oxygen atoms in total. The fraction of sp³-hybridized carbons (Fsp3) is 0.481. The van der Waals surface area contributed by atoms with Crippen molar-refractivity contribution < 1.29 is 27.8 Å². The number of sulfone groups is 1. The Morgan fingerprint density at radius 1 is 1.16 bits per heavy atom. The lowest BCUT2D eigenvalue weighted by Gasteiger charge is -2.34. The average molecular weight is 541 g/mol. The lowest BCUT2D eigenvalue weighted by Crippen LogP contribution is -2.42. The molecule has 2 aliphatic rings. The van der Waals surface area contributed by atoms with Gasteiger partial charge in [0.1, 0.15) is 23.8 Å². The Morgan fingerprint density at radius 2 is 1.89 bits per heavy atom. The molecule has 11 heteroatoms. The van der Waals surface area contributed by atoms with Crippen molar-refractivity contribution in [1.29, 1.82) is 0 Å². The first-order valence-corrected chi connectivity index (χ1v) is 14.7. The number of anilines is 2. The Hall–Kier alpha value is -3.31. The highest BCUT2D eigenvalue weighted by atomic mass is 32.2. The van der Waals surface area contributed by atoms with E-state index in [0.717, 1.165) is 0 Å². The number of esters is 1. The number of hydrogen-bond donors (Lipinski definition) is 2. The maximum absolute atomic E-state index is 12.3. The van der Waals surface area contributed by atoms with Gasteiger partial charge in [-0.3, -0.25) is 0 Å². The highest BCUT2D eigenvalue weighted by molar-refractivity contribution is 7.91. The van der Waals surface area contributed by atoms with Crippen molar-refractivity contribution in [1.82, 2.24) is 15.0 Å². The van der Waals surface area contributed by atoms with Gasteiger partial charge in [-0.25, -0.2) is 28.2 Å². The van der Waals surface area contributed by atoms with E-state index in [1.165, 1.54) is 6.26 Å². The van der Waals surface area contributed by atoms with Crippen LogP contribution in [-0.2, 0) is 20.2 Å². The van der Waals surface area contributed by atoms with Gasteiger partial charge >= 0.3 is 5.97 Å². The Labute approximate surface area is 221 Å². The fourth-order valence-corrected chi connectivity index (χ4v) is 5.89. The number of hydrogen-bond acceptors (Lipinski definition) is 10. The monoisotopic (exact) mass is 540 g/mol. The van der Waals surface area contributed by atoms with E-state index in [2.05, 4.69) is 20.3 Å². The van der Waals surface area contributed by atoms with Gasteiger partial charge in [0.25, 0.3) is 0 Å². The molecule has 0 amide bonds. The molecule has 3 aromatic heterocycles. The molecular formula is C27H32N4O6S. The molecule has 1 fully saturated rings. The van der Waals surface area contributed by atoms with Crippen LogP contribution in [0.3, 0.4) is 0 Å². The van der Waals surface area contributed by atoms with Crippen molar-refractivity contribution >= 4 is 38.2 Å². The fourth-order valence-electron chi connectivity index (χ4n) is 4.77. The van der Waals surface area contributed by atoms with Gasteiger partial charge in [-0.15, -0.1) is 0 Å². The molecule has 0 aromatic carbocycles. The summed E-state index contributed by atoms with van der Waals surface area (Å²) in [6, 6.07) is 5.21. The van der Waals surface area contributed by atoms with Gasteiger partial charge in [0.15, 0.2) is 9.84 Å². The number of nitrogens with one attached hydrogen (secondary N) is 1. The predicted octanol–water partition coefficient (Wildman–Crippen LogP) is 4.00. The van der Waals surface area contributed by atoms with E-state index in [0.29, 0.717) is 64.4 Å². The highest BCUT2D eigenvalue weighted by Crippen LogP contribution is 2.38. The standard InChI is InChI=1S/C27H32N4O6S/c1-6-27(4,33)21-13-29-25(37-16-9-17(10-16)38(5,34)35)20-12-28-23(11-19(20)21)30-22-8-7-18-24(31-22)14(2)15(3)36-26(18)32/h7-8,11-17,33H,6,9-10H2,1-5H3,(H,28,30,31)/t14-,15-,16?,17?,27?/m0/s1. The van der Waals surface area contributed by atoms with Crippen LogP contribution in [0.2, 0.25) is 0 Å². The summed E-state index contributed by atoms with van der Waals surface area (Å²) in [5.41, 5.74) is 0.604. The van der Waals surface area contributed by atoms with Gasteiger partial charge in [-0.05, 0) is 43.9 Å². The second-order valence-electron chi connectivity index (χ2n) is 10.5. The van der Waals surface area contributed by atoms with E-state index in [1.54, 1.807) is 31.5 Å². The summed E-state index contributed by atoms with van der Waals surface area (Å²) in [5, 5.41) is 15.2. The summed E-state index contributed by atoms with van der Waals surface area (Å²) >= 11 is 0. The topological polar surface area (TPSA) is 141 Å². The van der Waals surface area contributed by atoms with Crippen LogP contribution in [0.4, 0.5) is 11.6 Å². The smallest absolute Gasteiger partial charge is 0.340 e. The Morgan fingerprint density at radius 3 is 2.58 bits per heavy atom. The number of nitrogens with zero attached hydrogens (tertiary/aromatic N) is 3. The van der Waals surface area contributed by atoms with Crippen molar-refractivity contribution in [2.45, 2.75) is 75.9 Å². The van der Waals surface area contributed by atoms with Crippen LogP contribution in [0.5, 0.6) is 5.88 Å². The number of rotatable bonds is 7.